The number of aliphatic hydroxyl groups excluding tert-OH is 4. The summed E-state index contributed by atoms with van der Waals surface area (Å²) in [4.78, 5) is 12.5. The van der Waals surface area contributed by atoms with Crippen molar-refractivity contribution < 1.29 is 69.0 Å². The Bertz CT molecular complexity index is 1160. The fourth-order valence-corrected chi connectivity index (χ4v) is 4.42. The Morgan fingerprint density at radius 2 is 1.78 bits per heavy atom. The first kappa shape index (κ1) is 30.9. The van der Waals surface area contributed by atoms with Gasteiger partial charge >= 0.3 is 5.97 Å². The molecule has 14 nitrogen and oxygen atoms in total. The van der Waals surface area contributed by atoms with Crippen LogP contribution in [0.2, 0.25) is 0 Å². The third-order valence-corrected chi connectivity index (χ3v) is 6.90. The van der Waals surface area contributed by atoms with Crippen LogP contribution in [0.4, 0.5) is 0 Å². The minimum Gasteiger partial charge on any atom is -0.508 e. The van der Waals surface area contributed by atoms with Crippen LogP contribution in [-0.4, -0.2) is 124 Å². The lowest BCUT2D eigenvalue weighted by molar-refractivity contribution is -0.335. The number of esters is 1. The minimum atomic E-state index is -2.09. The number of methoxy groups -OCH3 is 1. The largest absolute Gasteiger partial charge is 0.508 e. The molecule has 2 saturated heterocycles. The summed E-state index contributed by atoms with van der Waals surface area (Å²) in [5.41, 5.74) is -1.24. The Labute approximate surface area is 234 Å². The van der Waals surface area contributed by atoms with Gasteiger partial charge in [-0.2, -0.15) is 0 Å². The second-order valence-corrected chi connectivity index (χ2v) is 9.79. The van der Waals surface area contributed by atoms with Gasteiger partial charge in [0.15, 0.2) is 29.7 Å². The number of benzene rings is 2. The number of carbonyl (C=O) groups is 1. The first-order valence-electron chi connectivity index (χ1n) is 12.8. The SMILES string of the molecule is COc1cc(C(=O)OCC2(O)COC(OC3C(OCCc4ccc(O)cc4)OC(CO)C(O)C3O)C2O)ccc1O. The molecule has 14 heteroatoms. The second kappa shape index (κ2) is 13.3. The fraction of sp³-hybridized carbons (Fsp3) is 0.519. The van der Waals surface area contributed by atoms with Crippen LogP contribution >= 0.6 is 0 Å². The summed E-state index contributed by atoms with van der Waals surface area (Å²) in [6, 6.07) is 10.2. The van der Waals surface area contributed by atoms with Crippen LogP contribution < -0.4 is 4.74 Å². The lowest BCUT2D eigenvalue weighted by Gasteiger charge is -2.42. The number of aliphatic hydroxyl groups is 5. The van der Waals surface area contributed by atoms with E-state index in [9.17, 15) is 40.5 Å². The van der Waals surface area contributed by atoms with Gasteiger partial charge in [0.2, 0.25) is 0 Å². The number of hydrogen-bond acceptors (Lipinski definition) is 14. The van der Waals surface area contributed by atoms with Crippen LogP contribution in [0.1, 0.15) is 15.9 Å². The molecule has 2 aromatic rings. The van der Waals surface area contributed by atoms with Gasteiger partial charge in [0, 0.05) is 0 Å². The lowest BCUT2D eigenvalue weighted by atomic mass is 9.98. The van der Waals surface area contributed by atoms with Gasteiger partial charge in [0.05, 0.1) is 32.5 Å². The lowest BCUT2D eigenvalue weighted by Crippen LogP contribution is -2.61. The van der Waals surface area contributed by atoms with Gasteiger partial charge in [-0.05, 0) is 42.3 Å². The van der Waals surface area contributed by atoms with E-state index in [2.05, 4.69) is 0 Å². The van der Waals surface area contributed by atoms with Crippen molar-refractivity contribution in [2.24, 2.45) is 0 Å². The highest BCUT2D eigenvalue weighted by atomic mass is 16.8. The minimum absolute atomic E-state index is 0.0200. The predicted octanol–water partition coefficient (Wildman–Crippen LogP) is -1.20. The van der Waals surface area contributed by atoms with E-state index < -0.39 is 74.5 Å². The molecule has 0 saturated carbocycles. The van der Waals surface area contributed by atoms with Crippen LogP contribution in [0.25, 0.3) is 0 Å². The van der Waals surface area contributed by atoms with Gasteiger partial charge in [-0.25, -0.2) is 4.79 Å². The molecule has 0 radical (unpaired) electrons. The van der Waals surface area contributed by atoms with Crippen molar-refractivity contribution >= 4 is 5.97 Å². The summed E-state index contributed by atoms with van der Waals surface area (Å²) in [6.45, 7) is -1.76. The summed E-state index contributed by atoms with van der Waals surface area (Å²) < 4.78 is 32.6. The number of hydrogen-bond donors (Lipinski definition) is 7. The average molecular weight is 583 g/mol. The van der Waals surface area contributed by atoms with Crippen molar-refractivity contribution in [2.45, 2.75) is 55.1 Å². The van der Waals surface area contributed by atoms with E-state index >= 15 is 0 Å². The smallest absolute Gasteiger partial charge is 0.338 e. The number of phenolic OH excluding ortho intramolecular Hbond substituents is 2. The Balaban J connectivity index is 1.38. The maximum absolute atomic E-state index is 12.5. The molecule has 41 heavy (non-hydrogen) atoms. The Morgan fingerprint density at radius 1 is 1.05 bits per heavy atom. The molecule has 0 aliphatic carbocycles. The molecule has 0 spiro atoms. The second-order valence-electron chi connectivity index (χ2n) is 9.79. The van der Waals surface area contributed by atoms with Gasteiger partial charge in [-0.1, -0.05) is 12.1 Å². The molecular formula is C27H34O14. The molecule has 2 aliphatic rings. The van der Waals surface area contributed by atoms with Crippen molar-refractivity contribution in [1.29, 1.82) is 0 Å². The molecule has 8 atom stereocenters. The number of carbonyl (C=O) groups excluding carboxylic acids is 1. The molecule has 2 aromatic carbocycles. The fourth-order valence-electron chi connectivity index (χ4n) is 4.42. The van der Waals surface area contributed by atoms with Gasteiger partial charge in [0.25, 0.3) is 0 Å². The quantitative estimate of drug-likeness (QED) is 0.155. The Kier molecular flexibility index (Phi) is 10.0. The molecule has 0 amide bonds. The van der Waals surface area contributed by atoms with E-state index in [4.69, 9.17) is 28.4 Å². The standard InChI is InChI=1S/C27H34O14/c1-36-18-10-15(4-7-17(18)30)24(34)38-12-27(35)13-39-26(23(27)33)41-22-21(32)20(31)19(11-28)40-25(22)37-9-8-14-2-5-16(29)6-3-14/h2-7,10,19-23,25-26,28-33,35H,8-9,11-13H2,1H3. The molecule has 0 bridgehead atoms. The molecule has 2 fully saturated rings. The number of phenols is 2. The third-order valence-electron chi connectivity index (χ3n) is 6.90. The van der Waals surface area contributed by atoms with E-state index in [0.29, 0.717) is 6.42 Å². The Morgan fingerprint density at radius 3 is 2.46 bits per heavy atom. The average Bonchev–Trinajstić information content (AvgIpc) is 3.25. The summed E-state index contributed by atoms with van der Waals surface area (Å²) in [7, 11) is 1.31. The highest BCUT2D eigenvalue weighted by Gasteiger charge is 2.54. The van der Waals surface area contributed by atoms with Crippen molar-refractivity contribution in [3.63, 3.8) is 0 Å². The molecule has 7 N–H and O–H groups in total. The van der Waals surface area contributed by atoms with E-state index in [1.54, 1.807) is 12.1 Å². The Hall–Kier alpha value is -3.05. The summed E-state index contributed by atoms with van der Waals surface area (Å²) in [5, 5.41) is 71.5. The monoisotopic (exact) mass is 582 g/mol. The summed E-state index contributed by atoms with van der Waals surface area (Å²) in [6.07, 6.45) is -10.0. The number of aromatic hydroxyl groups is 2. The number of rotatable bonds is 11. The van der Waals surface area contributed by atoms with E-state index in [1.807, 2.05) is 0 Å². The van der Waals surface area contributed by atoms with Crippen LogP contribution in [0.3, 0.4) is 0 Å². The van der Waals surface area contributed by atoms with Crippen LogP contribution in [0.5, 0.6) is 17.2 Å². The molecule has 2 aliphatic heterocycles. The first-order chi connectivity index (χ1) is 19.6. The van der Waals surface area contributed by atoms with Crippen LogP contribution in [0.15, 0.2) is 42.5 Å². The zero-order chi connectivity index (χ0) is 29.7. The van der Waals surface area contributed by atoms with Crippen LogP contribution in [-0.2, 0) is 30.1 Å². The third kappa shape index (κ3) is 7.06. The zero-order valence-electron chi connectivity index (χ0n) is 22.1. The van der Waals surface area contributed by atoms with Gasteiger partial charge < -0.3 is 64.2 Å². The molecule has 0 aromatic heterocycles. The van der Waals surface area contributed by atoms with Gasteiger partial charge in [0.1, 0.15) is 42.9 Å². The van der Waals surface area contributed by atoms with Gasteiger partial charge in [-0.15, -0.1) is 0 Å². The van der Waals surface area contributed by atoms with E-state index in [0.717, 1.165) is 5.56 Å². The van der Waals surface area contributed by atoms with E-state index in [-0.39, 0.29) is 29.4 Å². The summed E-state index contributed by atoms with van der Waals surface area (Å²) >= 11 is 0. The van der Waals surface area contributed by atoms with Gasteiger partial charge in [-0.3, -0.25) is 0 Å². The number of ether oxygens (including phenoxy) is 6. The van der Waals surface area contributed by atoms with Crippen molar-refractivity contribution in [2.75, 3.05) is 33.5 Å². The van der Waals surface area contributed by atoms with Crippen molar-refractivity contribution in [3.8, 4) is 17.2 Å². The first-order valence-corrected chi connectivity index (χ1v) is 12.8. The maximum Gasteiger partial charge on any atom is 0.338 e. The normalized spacial score (nSPS) is 31.6. The van der Waals surface area contributed by atoms with Crippen LogP contribution in [0, 0.1) is 0 Å². The van der Waals surface area contributed by atoms with Crippen molar-refractivity contribution in [3.05, 3.63) is 53.6 Å². The van der Waals surface area contributed by atoms with E-state index in [1.165, 1.54) is 37.4 Å². The zero-order valence-corrected chi connectivity index (χ0v) is 22.1. The molecule has 4 rings (SSSR count). The maximum atomic E-state index is 12.5. The topological polar surface area (TPSA) is 214 Å². The molecule has 2 heterocycles. The van der Waals surface area contributed by atoms with Crippen molar-refractivity contribution in [1.82, 2.24) is 0 Å². The molecule has 8 unspecified atom stereocenters. The summed E-state index contributed by atoms with van der Waals surface area (Å²) in [5.74, 6) is -0.916. The molecular weight excluding hydrogens is 548 g/mol. The highest BCUT2D eigenvalue weighted by molar-refractivity contribution is 5.90. The highest BCUT2D eigenvalue weighted by Crippen LogP contribution is 2.32. The molecule has 226 valence electrons. The predicted molar refractivity (Wildman–Crippen MR) is 136 cm³/mol.